The highest BCUT2D eigenvalue weighted by Gasteiger charge is 2.53. The molecular formula is C18H23N3O5S. The highest BCUT2D eigenvalue weighted by molar-refractivity contribution is 7.91. The molecule has 4 amide bonds. The van der Waals surface area contributed by atoms with Crippen LogP contribution in [0.25, 0.3) is 0 Å². The third kappa shape index (κ3) is 3.97. The van der Waals surface area contributed by atoms with Gasteiger partial charge in [0.25, 0.3) is 11.8 Å². The molecule has 9 heteroatoms. The van der Waals surface area contributed by atoms with Gasteiger partial charge in [-0.1, -0.05) is 19.1 Å². The molecule has 1 spiro atoms. The second-order valence-corrected chi connectivity index (χ2v) is 9.31. The lowest BCUT2D eigenvalue weighted by atomic mass is 9.92. The molecule has 1 aromatic rings. The van der Waals surface area contributed by atoms with E-state index in [1.807, 2.05) is 6.92 Å². The van der Waals surface area contributed by atoms with Crippen molar-refractivity contribution in [1.29, 1.82) is 0 Å². The summed E-state index contributed by atoms with van der Waals surface area (Å²) < 4.78 is 23.3. The van der Waals surface area contributed by atoms with Crippen molar-refractivity contribution in [2.75, 3.05) is 18.1 Å². The third-order valence-electron chi connectivity index (χ3n) is 5.02. The Hall–Kier alpha value is -2.42. The Morgan fingerprint density at radius 1 is 1.19 bits per heavy atom. The predicted molar refractivity (Wildman–Crippen MR) is 98.8 cm³/mol. The molecule has 0 bridgehead atoms. The summed E-state index contributed by atoms with van der Waals surface area (Å²) in [5.41, 5.74) is 0.118. The molecule has 2 saturated heterocycles. The lowest BCUT2D eigenvalue weighted by Crippen LogP contribution is -2.52. The molecule has 0 saturated carbocycles. The van der Waals surface area contributed by atoms with Crippen molar-refractivity contribution in [2.45, 2.75) is 38.3 Å². The smallest absolute Gasteiger partial charge is 0.325 e. The van der Waals surface area contributed by atoms with E-state index in [0.717, 1.165) is 11.3 Å². The van der Waals surface area contributed by atoms with Gasteiger partial charge < -0.3 is 10.6 Å². The number of hydrogen-bond acceptors (Lipinski definition) is 5. The van der Waals surface area contributed by atoms with Crippen LogP contribution in [-0.2, 0) is 21.2 Å². The predicted octanol–water partition coefficient (Wildman–Crippen LogP) is 0.826. The van der Waals surface area contributed by atoms with E-state index < -0.39 is 21.4 Å². The summed E-state index contributed by atoms with van der Waals surface area (Å²) in [6.07, 6.45) is 1.05. The van der Waals surface area contributed by atoms with Crippen molar-refractivity contribution in [1.82, 2.24) is 15.5 Å². The molecule has 0 atom stereocenters. The van der Waals surface area contributed by atoms with Gasteiger partial charge in [0.2, 0.25) is 0 Å². The summed E-state index contributed by atoms with van der Waals surface area (Å²) in [7, 11) is -3.14. The molecule has 2 heterocycles. The topological polar surface area (TPSA) is 113 Å². The highest BCUT2D eigenvalue weighted by atomic mass is 32.2. The van der Waals surface area contributed by atoms with Crippen LogP contribution < -0.4 is 10.6 Å². The first-order chi connectivity index (χ1) is 12.8. The Morgan fingerprint density at radius 3 is 2.41 bits per heavy atom. The molecule has 0 aliphatic carbocycles. The number of carbonyl (C=O) groups is 3. The van der Waals surface area contributed by atoms with Gasteiger partial charge >= 0.3 is 6.03 Å². The molecule has 0 radical (unpaired) electrons. The average molecular weight is 393 g/mol. The molecule has 3 rings (SSSR count). The Balaban J connectivity index is 1.68. The Bertz CT molecular complexity index is 849. The summed E-state index contributed by atoms with van der Waals surface area (Å²) in [5.74, 6) is -0.754. The fourth-order valence-electron chi connectivity index (χ4n) is 3.33. The molecule has 146 valence electrons. The number of rotatable bonds is 5. The number of nitrogens with one attached hydrogen (secondary N) is 2. The van der Waals surface area contributed by atoms with Gasteiger partial charge in [-0.05, 0) is 37.0 Å². The summed E-state index contributed by atoms with van der Waals surface area (Å²) in [6, 6.07) is 6.21. The maximum atomic E-state index is 12.8. The summed E-state index contributed by atoms with van der Waals surface area (Å²) in [5, 5.41) is 5.47. The monoisotopic (exact) mass is 393 g/mol. The van der Waals surface area contributed by atoms with Crippen molar-refractivity contribution in [3.05, 3.63) is 35.4 Å². The molecule has 1 aromatic carbocycles. The number of sulfone groups is 1. The normalized spacial score (nSPS) is 20.6. The van der Waals surface area contributed by atoms with Crippen molar-refractivity contribution in [3.8, 4) is 0 Å². The number of nitrogens with zero attached hydrogens (tertiary/aromatic N) is 1. The first kappa shape index (κ1) is 19.3. The fourth-order valence-corrected chi connectivity index (χ4v) is 4.85. The maximum absolute atomic E-state index is 12.8. The second-order valence-electron chi connectivity index (χ2n) is 7.01. The van der Waals surface area contributed by atoms with E-state index in [4.69, 9.17) is 0 Å². The molecular weight excluding hydrogens is 370 g/mol. The van der Waals surface area contributed by atoms with E-state index in [9.17, 15) is 22.8 Å². The fraction of sp³-hybridized carbons (Fsp3) is 0.500. The molecule has 2 fully saturated rings. The van der Waals surface area contributed by atoms with Gasteiger partial charge in [-0.2, -0.15) is 0 Å². The number of urea groups is 1. The first-order valence-corrected chi connectivity index (χ1v) is 10.8. The zero-order valence-corrected chi connectivity index (χ0v) is 16.0. The molecule has 0 aromatic heterocycles. The van der Waals surface area contributed by atoms with E-state index >= 15 is 0 Å². The number of benzene rings is 1. The van der Waals surface area contributed by atoms with Gasteiger partial charge in [0.05, 0.1) is 18.1 Å². The van der Waals surface area contributed by atoms with Gasteiger partial charge in [-0.15, -0.1) is 0 Å². The van der Waals surface area contributed by atoms with Crippen LogP contribution in [0.4, 0.5) is 4.79 Å². The van der Waals surface area contributed by atoms with Gasteiger partial charge in [0, 0.05) is 12.1 Å². The van der Waals surface area contributed by atoms with Crippen molar-refractivity contribution in [3.63, 3.8) is 0 Å². The van der Waals surface area contributed by atoms with E-state index in [1.165, 1.54) is 0 Å². The lowest BCUT2D eigenvalue weighted by Gasteiger charge is -2.30. The van der Waals surface area contributed by atoms with Crippen LogP contribution >= 0.6 is 0 Å². The molecule has 8 nitrogen and oxygen atoms in total. The van der Waals surface area contributed by atoms with Gasteiger partial charge in [-0.3, -0.25) is 14.5 Å². The Morgan fingerprint density at radius 2 is 1.81 bits per heavy atom. The van der Waals surface area contributed by atoms with E-state index in [2.05, 4.69) is 10.6 Å². The molecule has 2 aliphatic rings. The van der Waals surface area contributed by atoms with Crippen molar-refractivity contribution < 1.29 is 22.8 Å². The maximum Gasteiger partial charge on any atom is 0.325 e. The van der Waals surface area contributed by atoms with Gasteiger partial charge in [0.15, 0.2) is 9.84 Å². The summed E-state index contributed by atoms with van der Waals surface area (Å²) in [4.78, 5) is 38.1. The average Bonchev–Trinajstić information content (AvgIpc) is 2.87. The number of carbonyl (C=O) groups excluding carboxylic acids is 3. The summed E-state index contributed by atoms with van der Waals surface area (Å²) in [6.45, 7) is 2.65. The molecule has 2 N–H and O–H groups in total. The highest BCUT2D eigenvalue weighted by Crippen LogP contribution is 2.31. The number of hydrogen-bond donors (Lipinski definition) is 2. The minimum absolute atomic E-state index is 0.0794. The van der Waals surface area contributed by atoms with Crippen LogP contribution in [0.5, 0.6) is 0 Å². The zero-order valence-electron chi connectivity index (χ0n) is 15.2. The van der Waals surface area contributed by atoms with E-state index in [1.54, 1.807) is 24.3 Å². The number of imide groups is 1. The zero-order chi connectivity index (χ0) is 19.7. The minimum Gasteiger partial charge on any atom is -0.352 e. The van der Waals surface area contributed by atoms with Crippen LogP contribution in [0.2, 0.25) is 0 Å². The summed E-state index contributed by atoms with van der Waals surface area (Å²) >= 11 is 0. The third-order valence-corrected chi connectivity index (χ3v) is 6.67. The number of amides is 4. The lowest BCUT2D eigenvalue weighted by molar-refractivity contribution is -0.132. The largest absolute Gasteiger partial charge is 0.352 e. The molecule has 2 aliphatic heterocycles. The van der Waals surface area contributed by atoms with Crippen molar-refractivity contribution >= 4 is 27.7 Å². The molecule has 27 heavy (non-hydrogen) atoms. The van der Waals surface area contributed by atoms with Gasteiger partial charge in [-0.25, -0.2) is 13.2 Å². The Labute approximate surface area is 158 Å². The standard InChI is InChI=1S/C18H23N3O5S/c1-2-9-19-15(22)14-5-3-13(4-6-14)12-21-16(23)18(20-17(21)24)7-10-27(25,26)11-8-18/h3-6H,2,7-12H2,1H3,(H,19,22)(H,20,24). The van der Waals surface area contributed by atoms with Crippen LogP contribution in [0.3, 0.4) is 0 Å². The SMILES string of the molecule is CCCNC(=O)c1ccc(CN2C(=O)NC3(CCS(=O)(=O)CC3)C2=O)cc1. The Kier molecular flexibility index (Phi) is 5.23. The van der Waals surface area contributed by atoms with Crippen molar-refractivity contribution in [2.24, 2.45) is 0 Å². The van der Waals surface area contributed by atoms with E-state index in [-0.39, 0.29) is 42.7 Å². The first-order valence-electron chi connectivity index (χ1n) is 8.98. The quantitative estimate of drug-likeness (QED) is 0.720. The van der Waals surface area contributed by atoms with Crippen LogP contribution in [0.15, 0.2) is 24.3 Å². The van der Waals surface area contributed by atoms with Crippen LogP contribution in [0.1, 0.15) is 42.1 Å². The van der Waals surface area contributed by atoms with Crippen LogP contribution in [0, 0.1) is 0 Å². The second kappa shape index (κ2) is 7.30. The molecule has 0 unspecified atom stereocenters. The van der Waals surface area contributed by atoms with E-state index in [0.29, 0.717) is 17.7 Å². The van der Waals surface area contributed by atoms with Gasteiger partial charge in [0.1, 0.15) is 5.54 Å². The van der Waals surface area contributed by atoms with Crippen LogP contribution in [-0.4, -0.2) is 54.8 Å². The minimum atomic E-state index is -3.14.